The van der Waals surface area contributed by atoms with Gasteiger partial charge in [0.25, 0.3) is 5.91 Å². The van der Waals surface area contributed by atoms with Crippen LogP contribution in [0.5, 0.6) is 0 Å². The zero-order valence-electron chi connectivity index (χ0n) is 12.9. The highest BCUT2D eigenvalue weighted by Gasteiger charge is 2.22. The lowest BCUT2D eigenvalue weighted by Gasteiger charge is -2.15. The summed E-state index contributed by atoms with van der Waals surface area (Å²) in [6.45, 7) is 1.84. The number of nitrogens with zero attached hydrogens (tertiary/aromatic N) is 6. The number of aromatic nitrogens is 5. The molecule has 0 bridgehead atoms. The summed E-state index contributed by atoms with van der Waals surface area (Å²) in [5.74, 6) is -0.208. The van der Waals surface area contributed by atoms with Gasteiger partial charge in [-0.3, -0.25) is 14.5 Å². The van der Waals surface area contributed by atoms with Gasteiger partial charge in [-0.05, 0) is 25.1 Å². The number of halogens is 1. The first-order valence-electron chi connectivity index (χ1n) is 6.91. The van der Waals surface area contributed by atoms with Crippen LogP contribution in [-0.4, -0.2) is 37.5 Å². The van der Waals surface area contributed by atoms with Gasteiger partial charge in [-0.1, -0.05) is 11.6 Å². The monoisotopic (exact) mass is 330 g/mol. The van der Waals surface area contributed by atoms with Crippen molar-refractivity contribution >= 4 is 23.2 Å². The third-order valence-corrected chi connectivity index (χ3v) is 3.72. The minimum absolute atomic E-state index is 0.208. The molecular weight excluding hydrogens is 316 g/mol. The largest absolute Gasteiger partial charge is 0.306 e. The van der Waals surface area contributed by atoms with Gasteiger partial charge >= 0.3 is 0 Å². The second-order valence-electron chi connectivity index (χ2n) is 5.12. The highest BCUT2D eigenvalue weighted by molar-refractivity contribution is 6.32. The standard InChI is InChI=1S/C15H15ClN6O/c1-10-7-12(21(3)18-10)15(23)20(2)13-9-22(19-14(13)16)11-5-4-6-17-8-11/h4-9H,1-3H3. The smallest absolute Gasteiger partial charge is 0.276 e. The molecule has 0 saturated heterocycles. The van der Waals surface area contributed by atoms with Gasteiger partial charge in [0, 0.05) is 20.3 Å². The van der Waals surface area contributed by atoms with Gasteiger partial charge < -0.3 is 4.90 Å². The third kappa shape index (κ3) is 2.83. The van der Waals surface area contributed by atoms with Crippen molar-refractivity contribution < 1.29 is 4.79 Å². The number of aryl methyl sites for hydroxylation is 2. The zero-order valence-corrected chi connectivity index (χ0v) is 13.7. The van der Waals surface area contributed by atoms with E-state index in [9.17, 15) is 4.79 Å². The molecule has 0 aromatic carbocycles. The van der Waals surface area contributed by atoms with Gasteiger partial charge in [0.15, 0.2) is 5.15 Å². The molecule has 0 radical (unpaired) electrons. The average Bonchev–Trinajstić information content (AvgIpc) is 3.09. The van der Waals surface area contributed by atoms with Gasteiger partial charge in [-0.15, -0.1) is 0 Å². The molecular formula is C15H15ClN6O. The van der Waals surface area contributed by atoms with Crippen molar-refractivity contribution in [2.45, 2.75) is 6.92 Å². The van der Waals surface area contributed by atoms with Crippen LogP contribution in [0.25, 0.3) is 5.69 Å². The highest BCUT2D eigenvalue weighted by atomic mass is 35.5. The van der Waals surface area contributed by atoms with Crippen molar-refractivity contribution in [1.29, 1.82) is 0 Å². The van der Waals surface area contributed by atoms with Crippen molar-refractivity contribution in [3.8, 4) is 5.69 Å². The lowest BCUT2D eigenvalue weighted by atomic mass is 10.3. The quantitative estimate of drug-likeness (QED) is 0.738. The van der Waals surface area contributed by atoms with Crippen LogP contribution >= 0.6 is 11.6 Å². The van der Waals surface area contributed by atoms with E-state index in [0.29, 0.717) is 11.4 Å². The first-order chi connectivity index (χ1) is 11.0. The van der Waals surface area contributed by atoms with E-state index in [1.54, 1.807) is 54.2 Å². The maximum Gasteiger partial charge on any atom is 0.276 e. The van der Waals surface area contributed by atoms with Gasteiger partial charge in [-0.2, -0.15) is 10.2 Å². The molecule has 7 nitrogen and oxygen atoms in total. The Hall–Kier alpha value is -2.67. The lowest BCUT2D eigenvalue weighted by Crippen LogP contribution is -2.28. The summed E-state index contributed by atoms with van der Waals surface area (Å²) in [6, 6.07) is 5.39. The normalized spacial score (nSPS) is 10.8. The van der Waals surface area contributed by atoms with Gasteiger partial charge in [-0.25, -0.2) is 4.68 Å². The van der Waals surface area contributed by atoms with Crippen molar-refractivity contribution in [1.82, 2.24) is 24.5 Å². The zero-order chi connectivity index (χ0) is 16.6. The molecule has 0 saturated carbocycles. The van der Waals surface area contributed by atoms with Crippen LogP contribution in [0.2, 0.25) is 5.15 Å². The SMILES string of the molecule is Cc1cc(C(=O)N(C)c2cn(-c3cccnc3)nc2Cl)n(C)n1. The van der Waals surface area contributed by atoms with E-state index in [2.05, 4.69) is 15.2 Å². The molecule has 1 amide bonds. The van der Waals surface area contributed by atoms with Crippen molar-refractivity contribution in [3.63, 3.8) is 0 Å². The fourth-order valence-corrected chi connectivity index (χ4v) is 2.54. The number of anilines is 1. The molecule has 118 valence electrons. The molecule has 3 aromatic rings. The second kappa shape index (κ2) is 5.85. The van der Waals surface area contributed by atoms with Crippen molar-refractivity contribution in [3.05, 3.63) is 53.3 Å². The Balaban J connectivity index is 1.94. The van der Waals surface area contributed by atoms with Crippen LogP contribution in [0.4, 0.5) is 5.69 Å². The van der Waals surface area contributed by atoms with Crippen LogP contribution in [0.1, 0.15) is 16.2 Å². The summed E-state index contributed by atoms with van der Waals surface area (Å²) in [7, 11) is 3.38. The number of amides is 1. The molecule has 0 aliphatic carbocycles. The Morgan fingerprint density at radius 2 is 2.13 bits per heavy atom. The number of hydrogen-bond donors (Lipinski definition) is 0. The van der Waals surface area contributed by atoms with Crippen LogP contribution in [-0.2, 0) is 7.05 Å². The second-order valence-corrected chi connectivity index (χ2v) is 5.48. The highest BCUT2D eigenvalue weighted by Crippen LogP contribution is 2.26. The van der Waals surface area contributed by atoms with E-state index in [1.807, 2.05) is 13.0 Å². The predicted molar refractivity (Wildman–Crippen MR) is 87.0 cm³/mol. The van der Waals surface area contributed by atoms with E-state index < -0.39 is 0 Å². The minimum atomic E-state index is -0.208. The molecule has 3 rings (SSSR count). The lowest BCUT2D eigenvalue weighted by molar-refractivity contribution is 0.0984. The molecule has 0 atom stereocenters. The van der Waals surface area contributed by atoms with Crippen LogP contribution in [0.3, 0.4) is 0 Å². The van der Waals surface area contributed by atoms with Crippen LogP contribution in [0, 0.1) is 6.92 Å². The van der Waals surface area contributed by atoms with Crippen molar-refractivity contribution in [2.24, 2.45) is 7.05 Å². The molecule has 0 unspecified atom stereocenters. The Morgan fingerprint density at radius 3 is 2.74 bits per heavy atom. The van der Waals surface area contributed by atoms with Gasteiger partial charge in [0.1, 0.15) is 11.4 Å². The van der Waals surface area contributed by atoms with Gasteiger partial charge in [0.2, 0.25) is 0 Å². The van der Waals surface area contributed by atoms with E-state index >= 15 is 0 Å². The molecule has 0 fully saturated rings. The fourth-order valence-electron chi connectivity index (χ4n) is 2.28. The Labute approximate surface area is 138 Å². The first-order valence-corrected chi connectivity index (χ1v) is 7.29. The summed E-state index contributed by atoms with van der Waals surface area (Å²) < 4.78 is 3.14. The Kier molecular flexibility index (Phi) is 3.87. The maximum absolute atomic E-state index is 12.6. The summed E-state index contributed by atoms with van der Waals surface area (Å²) in [5, 5.41) is 8.66. The topological polar surface area (TPSA) is 68.8 Å². The number of hydrogen-bond acceptors (Lipinski definition) is 4. The molecule has 3 heterocycles. The third-order valence-electron chi connectivity index (χ3n) is 3.45. The molecule has 23 heavy (non-hydrogen) atoms. The number of pyridine rings is 1. The van der Waals surface area contributed by atoms with E-state index in [1.165, 1.54) is 4.90 Å². The van der Waals surface area contributed by atoms with E-state index in [-0.39, 0.29) is 11.1 Å². The van der Waals surface area contributed by atoms with E-state index in [0.717, 1.165) is 11.4 Å². The number of carbonyl (C=O) groups is 1. The maximum atomic E-state index is 12.6. The summed E-state index contributed by atoms with van der Waals surface area (Å²) >= 11 is 6.20. The molecule has 0 aliphatic heterocycles. The Morgan fingerprint density at radius 1 is 1.35 bits per heavy atom. The number of carbonyl (C=O) groups excluding carboxylic acids is 1. The van der Waals surface area contributed by atoms with Crippen LogP contribution < -0.4 is 4.90 Å². The summed E-state index contributed by atoms with van der Waals surface area (Å²) in [4.78, 5) is 18.1. The predicted octanol–water partition coefficient (Wildman–Crippen LogP) is 2.24. The number of rotatable bonds is 3. The van der Waals surface area contributed by atoms with E-state index in [4.69, 9.17) is 11.6 Å². The molecule has 0 aliphatic rings. The van der Waals surface area contributed by atoms with Gasteiger partial charge in [0.05, 0.1) is 23.8 Å². The average molecular weight is 331 g/mol. The minimum Gasteiger partial charge on any atom is -0.306 e. The van der Waals surface area contributed by atoms with Crippen LogP contribution in [0.15, 0.2) is 36.8 Å². The first kappa shape index (κ1) is 15.2. The molecule has 0 spiro atoms. The molecule has 0 N–H and O–H groups in total. The molecule has 8 heteroatoms. The summed E-state index contributed by atoms with van der Waals surface area (Å²) in [5.41, 5.74) is 2.54. The Bertz CT molecular complexity index is 854. The molecule has 3 aromatic heterocycles. The summed E-state index contributed by atoms with van der Waals surface area (Å²) in [6.07, 6.45) is 5.04. The van der Waals surface area contributed by atoms with Crippen molar-refractivity contribution in [2.75, 3.05) is 11.9 Å². The fraction of sp³-hybridized carbons (Fsp3) is 0.200.